The number of nitrogens with two attached hydrogens (primary N) is 1. The third kappa shape index (κ3) is 6.66. The number of amides is 2. The Balaban J connectivity index is 2.98. The van der Waals surface area contributed by atoms with Crippen molar-refractivity contribution in [3.63, 3.8) is 0 Å². The molecular weight excluding hydrogens is 320 g/mol. The average Bonchev–Trinajstić information content (AvgIpc) is 2.58. The monoisotopic (exact) mass is 348 g/mol. The zero-order valence-electron chi connectivity index (χ0n) is 15.0. The summed E-state index contributed by atoms with van der Waals surface area (Å²) in [4.78, 5) is 37.9. The highest BCUT2D eigenvalue weighted by Gasteiger charge is 2.35. The average molecular weight is 348 g/mol. The summed E-state index contributed by atoms with van der Waals surface area (Å²) in [5.41, 5.74) is 6.21. The van der Waals surface area contributed by atoms with Crippen LogP contribution in [0.15, 0.2) is 30.3 Å². The second-order valence-electron chi connectivity index (χ2n) is 6.40. The van der Waals surface area contributed by atoms with Crippen molar-refractivity contribution in [2.24, 2.45) is 11.7 Å². The van der Waals surface area contributed by atoms with Crippen LogP contribution in [0.2, 0.25) is 0 Å². The molecule has 1 rings (SSSR count). The number of carbonyl (C=O) groups is 3. The lowest BCUT2D eigenvalue weighted by Gasteiger charge is -2.29. The summed E-state index contributed by atoms with van der Waals surface area (Å²) in [6.07, 6.45) is 2.43. The van der Waals surface area contributed by atoms with E-state index in [1.807, 2.05) is 6.07 Å². The smallest absolute Gasteiger partial charge is 0.327 e. The predicted molar refractivity (Wildman–Crippen MR) is 95.8 cm³/mol. The van der Waals surface area contributed by atoms with Gasteiger partial charge in [0.2, 0.25) is 11.8 Å². The lowest BCUT2D eigenvalue weighted by Crippen LogP contribution is -2.51. The van der Waals surface area contributed by atoms with E-state index >= 15 is 0 Å². The minimum Gasteiger partial charge on any atom is -0.480 e. The highest BCUT2D eigenvalue weighted by Crippen LogP contribution is 2.16. The van der Waals surface area contributed by atoms with E-state index in [9.17, 15) is 19.5 Å². The van der Waals surface area contributed by atoms with Gasteiger partial charge in [0, 0.05) is 18.8 Å². The normalized spacial score (nSPS) is 12.0. The molecule has 6 heteroatoms. The van der Waals surface area contributed by atoms with Crippen molar-refractivity contribution in [1.29, 1.82) is 0 Å². The zero-order valence-corrected chi connectivity index (χ0v) is 15.0. The molecule has 0 spiro atoms. The number of imide groups is 1. The van der Waals surface area contributed by atoms with E-state index in [1.165, 1.54) is 0 Å². The maximum Gasteiger partial charge on any atom is 0.327 e. The number of hydrogen-bond donors (Lipinski definition) is 2. The molecule has 3 N–H and O–H groups in total. The van der Waals surface area contributed by atoms with Gasteiger partial charge in [-0.3, -0.25) is 14.5 Å². The van der Waals surface area contributed by atoms with Gasteiger partial charge in [0.25, 0.3) is 0 Å². The first-order chi connectivity index (χ1) is 11.9. The standard InChI is InChI=1S/C19H28N2O4/c1-14(2)18(23)21(17(22)11-7-4-8-12-20)16(19(24)25)13-15-9-5-3-6-10-15/h3,5-6,9-10,14,16H,4,7-8,11-13,20H2,1-2H3,(H,24,25)/t16-/m0/s1. The molecule has 0 saturated heterocycles. The summed E-state index contributed by atoms with van der Waals surface area (Å²) >= 11 is 0. The molecule has 138 valence electrons. The highest BCUT2D eigenvalue weighted by molar-refractivity contribution is 6.00. The fraction of sp³-hybridized carbons (Fsp3) is 0.526. The minimum absolute atomic E-state index is 0.100. The third-order valence-corrected chi connectivity index (χ3v) is 3.96. The Hall–Kier alpha value is -2.21. The Labute approximate surface area is 149 Å². The number of rotatable bonds is 10. The number of nitrogens with zero attached hydrogens (tertiary/aromatic N) is 1. The van der Waals surface area contributed by atoms with Crippen LogP contribution in [0.5, 0.6) is 0 Å². The number of carboxylic acids is 1. The molecule has 1 atom stereocenters. The van der Waals surface area contributed by atoms with Gasteiger partial charge < -0.3 is 10.8 Å². The van der Waals surface area contributed by atoms with E-state index in [1.54, 1.807) is 38.1 Å². The van der Waals surface area contributed by atoms with Crippen LogP contribution in [0.1, 0.15) is 45.1 Å². The first-order valence-electron chi connectivity index (χ1n) is 8.71. The van der Waals surface area contributed by atoms with Gasteiger partial charge >= 0.3 is 5.97 Å². The largest absolute Gasteiger partial charge is 0.480 e. The molecule has 0 aliphatic carbocycles. The fourth-order valence-electron chi connectivity index (χ4n) is 2.57. The summed E-state index contributed by atoms with van der Waals surface area (Å²) in [6.45, 7) is 3.88. The van der Waals surface area contributed by atoms with Gasteiger partial charge in [0.1, 0.15) is 6.04 Å². The summed E-state index contributed by atoms with van der Waals surface area (Å²) in [6, 6.07) is 7.83. The molecule has 6 nitrogen and oxygen atoms in total. The summed E-state index contributed by atoms with van der Waals surface area (Å²) in [7, 11) is 0. The molecule has 1 aromatic rings. The van der Waals surface area contributed by atoms with Crippen LogP contribution in [0.4, 0.5) is 0 Å². The van der Waals surface area contributed by atoms with E-state index in [-0.39, 0.29) is 12.8 Å². The Bertz CT molecular complexity index is 572. The quantitative estimate of drug-likeness (QED) is 0.631. The van der Waals surface area contributed by atoms with Crippen LogP contribution in [0.25, 0.3) is 0 Å². The molecule has 0 unspecified atom stereocenters. The van der Waals surface area contributed by atoms with Crippen molar-refractivity contribution in [3.8, 4) is 0 Å². The third-order valence-electron chi connectivity index (χ3n) is 3.96. The number of aliphatic carboxylic acids is 1. The van der Waals surface area contributed by atoms with Crippen LogP contribution in [-0.2, 0) is 20.8 Å². The van der Waals surface area contributed by atoms with Crippen molar-refractivity contribution in [3.05, 3.63) is 35.9 Å². The molecule has 0 bridgehead atoms. The van der Waals surface area contributed by atoms with Gasteiger partial charge in [-0.25, -0.2) is 4.79 Å². The number of carboxylic acid groups (broad SMARTS) is 1. The van der Waals surface area contributed by atoms with E-state index in [4.69, 9.17) is 5.73 Å². The van der Waals surface area contributed by atoms with E-state index in [0.29, 0.717) is 13.0 Å². The summed E-state index contributed by atoms with van der Waals surface area (Å²) in [5, 5.41) is 9.63. The number of benzene rings is 1. The van der Waals surface area contributed by atoms with Crippen LogP contribution in [0, 0.1) is 5.92 Å². The molecule has 0 aromatic heterocycles. The van der Waals surface area contributed by atoms with Crippen LogP contribution in [0.3, 0.4) is 0 Å². The molecule has 0 aliphatic heterocycles. The maximum atomic E-state index is 12.6. The Morgan fingerprint density at radius 1 is 1.08 bits per heavy atom. The molecule has 1 aromatic carbocycles. The number of unbranched alkanes of at least 4 members (excludes halogenated alkanes) is 2. The van der Waals surface area contributed by atoms with Crippen LogP contribution in [-0.4, -0.2) is 40.4 Å². The Kier molecular flexibility index (Phi) is 8.84. The maximum absolute atomic E-state index is 12.6. The van der Waals surface area contributed by atoms with Gasteiger partial charge in [-0.2, -0.15) is 0 Å². The number of hydrogen-bond acceptors (Lipinski definition) is 4. The summed E-state index contributed by atoms with van der Waals surface area (Å²) < 4.78 is 0. The van der Waals surface area contributed by atoms with Crippen LogP contribution >= 0.6 is 0 Å². The first kappa shape index (κ1) is 20.8. The summed E-state index contributed by atoms with van der Waals surface area (Å²) in [5.74, 6) is -2.51. The van der Waals surface area contributed by atoms with Gasteiger partial charge in [-0.05, 0) is 24.9 Å². The van der Waals surface area contributed by atoms with E-state index in [2.05, 4.69) is 0 Å². The van der Waals surface area contributed by atoms with Gasteiger partial charge in [0.15, 0.2) is 0 Å². The predicted octanol–water partition coefficient (Wildman–Crippen LogP) is 2.21. The van der Waals surface area contributed by atoms with Gasteiger partial charge in [-0.1, -0.05) is 50.6 Å². The minimum atomic E-state index is -1.20. The molecule has 0 fully saturated rings. The molecule has 25 heavy (non-hydrogen) atoms. The van der Waals surface area contributed by atoms with Crippen LogP contribution < -0.4 is 5.73 Å². The highest BCUT2D eigenvalue weighted by atomic mass is 16.4. The number of carbonyl (C=O) groups excluding carboxylic acids is 2. The van der Waals surface area contributed by atoms with Gasteiger partial charge in [-0.15, -0.1) is 0 Å². The second-order valence-corrected chi connectivity index (χ2v) is 6.40. The topological polar surface area (TPSA) is 101 Å². The van der Waals surface area contributed by atoms with Crippen molar-refractivity contribution < 1.29 is 19.5 Å². The molecule has 0 heterocycles. The molecule has 2 amide bonds. The fourth-order valence-corrected chi connectivity index (χ4v) is 2.57. The second kappa shape index (κ2) is 10.6. The van der Waals surface area contributed by atoms with Crippen molar-refractivity contribution in [1.82, 2.24) is 4.90 Å². The molecule has 0 saturated carbocycles. The molecular formula is C19H28N2O4. The Morgan fingerprint density at radius 3 is 2.24 bits per heavy atom. The SMILES string of the molecule is CC(C)C(=O)N(C(=O)CCCCCN)[C@@H](Cc1ccccc1)C(=O)O. The lowest BCUT2D eigenvalue weighted by molar-refractivity contribution is -0.159. The van der Waals surface area contributed by atoms with Crippen molar-refractivity contribution >= 4 is 17.8 Å². The first-order valence-corrected chi connectivity index (χ1v) is 8.71. The van der Waals surface area contributed by atoms with Crippen molar-refractivity contribution in [2.75, 3.05) is 6.54 Å². The molecule has 0 radical (unpaired) electrons. The van der Waals surface area contributed by atoms with Gasteiger partial charge in [0.05, 0.1) is 0 Å². The lowest BCUT2D eigenvalue weighted by atomic mass is 10.0. The zero-order chi connectivity index (χ0) is 18.8. The Morgan fingerprint density at radius 2 is 1.72 bits per heavy atom. The van der Waals surface area contributed by atoms with Crippen molar-refractivity contribution in [2.45, 2.75) is 52.0 Å². The van der Waals surface area contributed by atoms with E-state index in [0.717, 1.165) is 23.3 Å². The van der Waals surface area contributed by atoms with E-state index < -0.39 is 29.7 Å². The molecule has 0 aliphatic rings.